The van der Waals surface area contributed by atoms with Crippen molar-refractivity contribution in [1.29, 1.82) is 0 Å². The van der Waals surface area contributed by atoms with E-state index in [9.17, 15) is 14.0 Å². The van der Waals surface area contributed by atoms with Gasteiger partial charge in [-0.25, -0.2) is 4.39 Å². The molecule has 1 N–H and O–H groups in total. The van der Waals surface area contributed by atoms with Crippen molar-refractivity contribution in [2.24, 2.45) is 0 Å². The first-order valence-electron chi connectivity index (χ1n) is 8.90. The van der Waals surface area contributed by atoms with Crippen LogP contribution in [-0.2, 0) is 19.7 Å². The highest BCUT2D eigenvalue weighted by molar-refractivity contribution is 14.1. The van der Waals surface area contributed by atoms with E-state index in [0.29, 0.717) is 24.1 Å². The number of halogens is 2. The Morgan fingerprint density at radius 1 is 1.19 bits per heavy atom. The molecule has 1 aliphatic carbocycles. The maximum absolute atomic E-state index is 13.7. The largest absolute Gasteiger partial charge is 0.455 e. The molecule has 0 spiro atoms. The number of carbonyl (C=O) groups is 2. The van der Waals surface area contributed by atoms with Gasteiger partial charge in [0.15, 0.2) is 6.61 Å². The third-order valence-corrected chi connectivity index (χ3v) is 5.69. The SMILES string of the molecule is Cc1cc(I)ccc1NC(=O)COC(=O)C1(c2cccc(F)c2)CCCC1. The zero-order valence-electron chi connectivity index (χ0n) is 15.1. The van der Waals surface area contributed by atoms with Crippen LogP contribution in [0.3, 0.4) is 0 Å². The second kappa shape index (κ2) is 8.37. The Labute approximate surface area is 171 Å². The molecule has 1 fully saturated rings. The average molecular weight is 481 g/mol. The van der Waals surface area contributed by atoms with Crippen LogP contribution in [-0.4, -0.2) is 18.5 Å². The highest BCUT2D eigenvalue weighted by Gasteiger charge is 2.44. The summed E-state index contributed by atoms with van der Waals surface area (Å²) in [6.07, 6.45) is 2.96. The Morgan fingerprint density at radius 3 is 2.59 bits per heavy atom. The number of anilines is 1. The number of ether oxygens (including phenoxy) is 1. The van der Waals surface area contributed by atoms with Crippen LogP contribution < -0.4 is 5.32 Å². The topological polar surface area (TPSA) is 55.4 Å². The van der Waals surface area contributed by atoms with Crippen LogP contribution >= 0.6 is 22.6 Å². The van der Waals surface area contributed by atoms with Crippen LogP contribution in [0.4, 0.5) is 10.1 Å². The molecule has 0 aliphatic heterocycles. The molecule has 2 aromatic carbocycles. The number of carbonyl (C=O) groups excluding carboxylic acids is 2. The van der Waals surface area contributed by atoms with E-state index in [1.54, 1.807) is 12.1 Å². The van der Waals surface area contributed by atoms with Crippen LogP contribution in [0.5, 0.6) is 0 Å². The molecule has 142 valence electrons. The minimum Gasteiger partial charge on any atom is -0.455 e. The van der Waals surface area contributed by atoms with Crippen molar-refractivity contribution < 1.29 is 18.7 Å². The summed E-state index contributed by atoms with van der Waals surface area (Å²) in [6, 6.07) is 11.8. The van der Waals surface area contributed by atoms with E-state index in [2.05, 4.69) is 27.9 Å². The van der Waals surface area contributed by atoms with Gasteiger partial charge in [0, 0.05) is 9.26 Å². The van der Waals surface area contributed by atoms with Gasteiger partial charge >= 0.3 is 5.97 Å². The van der Waals surface area contributed by atoms with Gasteiger partial charge in [0.25, 0.3) is 5.91 Å². The molecule has 0 saturated heterocycles. The van der Waals surface area contributed by atoms with Gasteiger partial charge in [-0.2, -0.15) is 0 Å². The fraction of sp³-hybridized carbons (Fsp3) is 0.333. The van der Waals surface area contributed by atoms with Crippen molar-refractivity contribution in [3.8, 4) is 0 Å². The van der Waals surface area contributed by atoms with E-state index >= 15 is 0 Å². The molecule has 6 heteroatoms. The van der Waals surface area contributed by atoms with Crippen LogP contribution in [0.2, 0.25) is 0 Å². The average Bonchev–Trinajstić information content (AvgIpc) is 3.13. The molecule has 2 aromatic rings. The lowest BCUT2D eigenvalue weighted by molar-refractivity contribution is -0.153. The van der Waals surface area contributed by atoms with Gasteiger partial charge in [0.1, 0.15) is 5.82 Å². The van der Waals surface area contributed by atoms with E-state index in [-0.39, 0.29) is 18.3 Å². The van der Waals surface area contributed by atoms with Crippen molar-refractivity contribution in [2.75, 3.05) is 11.9 Å². The van der Waals surface area contributed by atoms with Gasteiger partial charge in [-0.3, -0.25) is 9.59 Å². The summed E-state index contributed by atoms with van der Waals surface area (Å²) in [7, 11) is 0. The van der Waals surface area contributed by atoms with Crippen molar-refractivity contribution in [3.63, 3.8) is 0 Å². The monoisotopic (exact) mass is 481 g/mol. The molecule has 1 saturated carbocycles. The standard InChI is InChI=1S/C21H21FINO3/c1-14-11-17(23)7-8-18(14)24-19(25)13-27-20(26)21(9-2-3-10-21)15-5-4-6-16(22)12-15/h4-8,11-12H,2-3,9-10,13H2,1H3,(H,24,25). The molecule has 27 heavy (non-hydrogen) atoms. The van der Waals surface area contributed by atoms with E-state index in [0.717, 1.165) is 22.0 Å². The lowest BCUT2D eigenvalue weighted by Crippen LogP contribution is -2.36. The number of rotatable bonds is 5. The van der Waals surface area contributed by atoms with E-state index in [1.165, 1.54) is 12.1 Å². The Hall–Kier alpha value is -1.96. The molecule has 3 rings (SSSR count). The number of benzene rings is 2. The summed E-state index contributed by atoms with van der Waals surface area (Å²) in [6.45, 7) is 1.54. The number of amides is 1. The quantitative estimate of drug-likeness (QED) is 0.497. The van der Waals surface area contributed by atoms with Crippen LogP contribution in [0.25, 0.3) is 0 Å². The number of hydrogen-bond acceptors (Lipinski definition) is 3. The summed E-state index contributed by atoms with van der Waals surface area (Å²) >= 11 is 2.20. The van der Waals surface area contributed by atoms with Crippen molar-refractivity contribution in [3.05, 3.63) is 63.0 Å². The van der Waals surface area contributed by atoms with Gasteiger partial charge in [-0.05, 0) is 83.8 Å². The molecule has 1 aliphatic rings. The Morgan fingerprint density at radius 2 is 1.93 bits per heavy atom. The highest BCUT2D eigenvalue weighted by Crippen LogP contribution is 2.42. The molecule has 0 bridgehead atoms. The normalized spacial score (nSPS) is 15.4. The summed E-state index contributed by atoms with van der Waals surface area (Å²) in [5.41, 5.74) is 1.39. The first-order chi connectivity index (χ1) is 12.9. The maximum Gasteiger partial charge on any atom is 0.317 e. The van der Waals surface area contributed by atoms with Gasteiger partial charge < -0.3 is 10.1 Å². The van der Waals surface area contributed by atoms with Crippen molar-refractivity contribution >= 4 is 40.2 Å². The fourth-order valence-electron chi connectivity index (χ4n) is 3.60. The molecular formula is C21H21FINO3. The molecule has 0 atom stereocenters. The van der Waals surface area contributed by atoms with Gasteiger partial charge in [0.05, 0.1) is 5.41 Å². The molecule has 0 heterocycles. The summed E-state index contributed by atoms with van der Waals surface area (Å²) in [5, 5.41) is 2.77. The summed E-state index contributed by atoms with van der Waals surface area (Å²) < 4.78 is 20.1. The third-order valence-electron chi connectivity index (χ3n) is 5.02. The number of esters is 1. The Balaban J connectivity index is 1.67. The van der Waals surface area contributed by atoms with E-state index in [1.807, 2.05) is 25.1 Å². The molecule has 0 aromatic heterocycles. The lowest BCUT2D eigenvalue weighted by Gasteiger charge is -2.27. The van der Waals surface area contributed by atoms with Crippen LogP contribution in [0.1, 0.15) is 36.8 Å². The Kier molecular flexibility index (Phi) is 6.14. The lowest BCUT2D eigenvalue weighted by atomic mass is 9.79. The predicted octanol–water partition coefficient (Wildman–Crippen LogP) is 4.73. The second-order valence-electron chi connectivity index (χ2n) is 6.88. The minimum atomic E-state index is -0.860. The number of nitrogens with one attached hydrogen (secondary N) is 1. The third kappa shape index (κ3) is 4.48. The molecular weight excluding hydrogens is 460 g/mol. The molecule has 4 nitrogen and oxygen atoms in total. The predicted molar refractivity (Wildman–Crippen MR) is 110 cm³/mol. The van der Waals surface area contributed by atoms with Crippen LogP contribution in [0.15, 0.2) is 42.5 Å². The van der Waals surface area contributed by atoms with Crippen molar-refractivity contribution in [1.82, 2.24) is 0 Å². The zero-order chi connectivity index (χ0) is 19.4. The second-order valence-corrected chi connectivity index (χ2v) is 8.13. The van der Waals surface area contributed by atoms with Gasteiger partial charge in [0.2, 0.25) is 0 Å². The number of hydrogen-bond donors (Lipinski definition) is 1. The number of aryl methyl sites for hydroxylation is 1. The first kappa shape index (κ1) is 19.8. The summed E-state index contributed by atoms with van der Waals surface area (Å²) in [5.74, 6) is -1.22. The Bertz CT molecular complexity index is 862. The maximum atomic E-state index is 13.7. The zero-order valence-corrected chi connectivity index (χ0v) is 17.2. The van der Waals surface area contributed by atoms with Gasteiger partial charge in [-0.1, -0.05) is 25.0 Å². The van der Waals surface area contributed by atoms with Crippen molar-refractivity contribution in [2.45, 2.75) is 38.0 Å². The fourth-order valence-corrected chi connectivity index (χ4v) is 4.25. The van der Waals surface area contributed by atoms with E-state index < -0.39 is 11.4 Å². The van der Waals surface area contributed by atoms with Crippen LogP contribution in [0, 0.1) is 16.3 Å². The summed E-state index contributed by atoms with van der Waals surface area (Å²) in [4.78, 5) is 25.0. The highest BCUT2D eigenvalue weighted by atomic mass is 127. The minimum absolute atomic E-state index is 0.360. The molecule has 0 radical (unpaired) electrons. The first-order valence-corrected chi connectivity index (χ1v) is 9.98. The smallest absolute Gasteiger partial charge is 0.317 e. The van der Waals surface area contributed by atoms with E-state index in [4.69, 9.17) is 4.74 Å². The molecule has 1 amide bonds. The van der Waals surface area contributed by atoms with Gasteiger partial charge in [-0.15, -0.1) is 0 Å². The molecule has 0 unspecified atom stereocenters.